The number of nitrogens with zero attached hydrogens (tertiary/aromatic N) is 3. The van der Waals surface area contributed by atoms with Crippen LogP contribution in [-0.4, -0.2) is 45.3 Å². The third-order valence-corrected chi connectivity index (χ3v) is 7.66. The van der Waals surface area contributed by atoms with Gasteiger partial charge in [0.25, 0.3) is 10.0 Å². The molecule has 1 heterocycles. The maximum absolute atomic E-state index is 13.4. The van der Waals surface area contributed by atoms with E-state index in [-0.39, 0.29) is 10.0 Å². The van der Waals surface area contributed by atoms with E-state index in [1.54, 1.807) is 61.7 Å². The Labute approximate surface area is 207 Å². The molecule has 0 aliphatic heterocycles. The standard InChI is InChI=1S/C24H22N4O5S2/c1-32-19-10-8-17(9-11-19)23-26-27-24(34-23)25-22(29)16-28(18-6-4-3-5-7-18)35(30,31)21-14-12-20(33-2)13-15-21/h3-15H,16H2,1-2H3,(H,25,27,29). The summed E-state index contributed by atoms with van der Waals surface area (Å²) in [5.41, 5.74) is 1.17. The van der Waals surface area contributed by atoms with E-state index in [4.69, 9.17) is 9.47 Å². The summed E-state index contributed by atoms with van der Waals surface area (Å²) in [4.78, 5) is 12.9. The summed E-state index contributed by atoms with van der Waals surface area (Å²) < 4.78 is 38.2. The molecule has 11 heteroatoms. The zero-order valence-corrected chi connectivity index (χ0v) is 20.5. The number of hydrogen-bond acceptors (Lipinski definition) is 8. The molecule has 4 aromatic rings. The van der Waals surface area contributed by atoms with Gasteiger partial charge in [0, 0.05) is 5.56 Å². The number of anilines is 2. The minimum absolute atomic E-state index is 0.0349. The molecule has 9 nitrogen and oxygen atoms in total. The summed E-state index contributed by atoms with van der Waals surface area (Å²) in [6.45, 7) is -0.449. The van der Waals surface area contributed by atoms with Crippen molar-refractivity contribution in [2.45, 2.75) is 4.90 Å². The topological polar surface area (TPSA) is 111 Å². The Morgan fingerprint density at radius 1 is 0.886 bits per heavy atom. The van der Waals surface area contributed by atoms with E-state index >= 15 is 0 Å². The monoisotopic (exact) mass is 510 g/mol. The van der Waals surface area contributed by atoms with Crippen molar-refractivity contribution in [3.05, 3.63) is 78.9 Å². The highest BCUT2D eigenvalue weighted by Crippen LogP contribution is 2.29. The van der Waals surface area contributed by atoms with Crippen LogP contribution < -0.4 is 19.1 Å². The van der Waals surface area contributed by atoms with Crippen LogP contribution in [0.15, 0.2) is 83.8 Å². The van der Waals surface area contributed by atoms with Gasteiger partial charge in [-0.25, -0.2) is 8.42 Å². The molecule has 1 N–H and O–H groups in total. The number of aromatic nitrogens is 2. The van der Waals surface area contributed by atoms with Crippen molar-refractivity contribution >= 4 is 38.1 Å². The van der Waals surface area contributed by atoms with E-state index in [0.29, 0.717) is 22.2 Å². The molecule has 180 valence electrons. The van der Waals surface area contributed by atoms with E-state index in [2.05, 4.69) is 15.5 Å². The average molecular weight is 511 g/mol. The molecule has 0 bridgehead atoms. The van der Waals surface area contributed by atoms with Gasteiger partial charge >= 0.3 is 0 Å². The maximum Gasteiger partial charge on any atom is 0.264 e. The number of nitrogens with one attached hydrogen (secondary N) is 1. The molecule has 0 aliphatic carbocycles. The molecule has 0 atom stereocenters. The lowest BCUT2D eigenvalue weighted by atomic mass is 10.2. The first kappa shape index (κ1) is 24.2. The number of hydrogen-bond donors (Lipinski definition) is 1. The van der Waals surface area contributed by atoms with Crippen LogP contribution >= 0.6 is 11.3 Å². The fourth-order valence-electron chi connectivity index (χ4n) is 3.20. The Morgan fingerprint density at radius 2 is 1.49 bits per heavy atom. The molecule has 0 spiro atoms. The van der Waals surface area contributed by atoms with Crippen molar-refractivity contribution in [2.75, 3.05) is 30.4 Å². The van der Waals surface area contributed by atoms with Crippen molar-refractivity contribution in [3.63, 3.8) is 0 Å². The Bertz CT molecular complexity index is 1390. The summed E-state index contributed by atoms with van der Waals surface area (Å²) in [6, 6.07) is 21.7. The number of carbonyl (C=O) groups excluding carboxylic acids is 1. The predicted octanol–water partition coefficient (Wildman–Crippen LogP) is 4.06. The van der Waals surface area contributed by atoms with Gasteiger partial charge in [-0.1, -0.05) is 29.5 Å². The number of carbonyl (C=O) groups is 1. The quantitative estimate of drug-likeness (QED) is 0.362. The van der Waals surface area contributed by atoms with Crippen LogP contribution in [0.1, 0.15) is 0 Å². The molecule has 0 saturated heterocycles. The Balaban J connectivity index is 1.54. The zero-order valence-electron chi connectivity index (χ0n) is 18.9. The fraction of sp³-hybridized carbons (Fsp3) is 0.125. The van der Waals surface area contributed by atoms with Gasteiger partial charge in [-0.05, 0) is 60.7 Å². The van der Waals surface area contributed by atoms with Gasteiger partial charge in [-0.2, -0.15) is 0 Å². The van der Waals surface area contributed by atoms with E-state index in [1.807, 2.05) is 12.1 Å². The molecule has 0 unspecified atom stereocenters. The van der Waals surface area contributed by atoms with Crippen LogP contribution in [0.5, 0.6) is 11.5 Å². The number of para-hydroxylation sites is 1. The minimum Gasteiger partial charge on any atom is -0.497 e. The van der Waals surface area contributed by atoms with E-state index in [0.717, 1.165) is 9.87 Å². The normalized spacial score (nSPS) is 11.0. The Kier molecular flexibility index (Phi) is 7.28. The lowest BCUT2D eigenvalue weighted by Crippen LogP contribution is -2.38. The Hall–Kier alpha value is -3.96. The van der Waals surface area contributed by atoms with Crippen LogP contribution in [0.2, 0.25) is 0 Å². The predicted molar refractivity (Wildman–Crippen MR) is 134 cm³/mol. The number of methoxy groups -OCH3 is 2. The minimum atomic E-state index is -4.04. The van der Waals surface area contributed by atoms with E-state index < -0.39 is 22.5 Å². The summed E-state index contributed by atoms with van der Waals surface area (Å²) >= 11 is 1.18. The summed E-state index contributed by atoms with van der Waals surface area (Å²) in [5.74, 6) is 0.686. The first-order valence-electron chi connectivity index (χ1n) is 10.4. The Morgan fingerprint density at radius 3 is 2.09 bits per heavy atom. The summed E-state index contributed by atoms with van der Waals surface area (Å²) in [7, 11) is -0.956. The third-order valence-electron chi connectivity index (χ3n) is 4.99. The second kappa shape index (κ2) is 10.5. The van der Waals surface area contributed by atoms with Crippen LogP contribution in [-0.2, 0) is 14.8 Å². The first-order valence-corrected chi connectivity index (χ1v) is 12.7. The second-order valence-corrected chi connectivity index (χ2v) is 10.1. The van der Waals surface area contributed by atoms with Gasteiger partial charge in [-0.15, -0.1) is 10.2 Å². The van der Waals surface area contributed by atoms with Crippen molar-refractivity contribution in [2.24, 2.45) is 0 Å². The second-order valence-electron chi connectivity index (χ2n) is 7.21. The summed E-state index contributed by atoms with van der Waals surface area (Å²) in [6.07, 6.45) is 0. The van der Waals surface area contributed by atoms with Crippen LogP contribution in [0.4, 0.5) is 10.8 Å². The number of sulfonamides is 1. The van der Waals surface area contributed by atoms with Gasteiger partial charge in [0.2, 0.25) is 11.0 Å². The smallest absolute Gasteiger partial charge is 0.264 e. The maximum atomic E-state index is 13.4. The fourth-order valence-corrected chi connectivity index (χ4v) is 5.38. The molecular formula is C24H22N4O5S2. The molecular weight excluding hydrogens is 488 g/mol. The van der Waals surface area contributed by atoms with Gasteiger partial charge in [0.1, 0.15) is 23.1 Å². The molecule has 3 aromatic carbocycles. The van der Waals surface area contributed by atoms with Crippen molar-refractivity contribution in [1.29, 1.82) is 0 Å². The molecule has 1 aromatic heterocycles. The largest absolute Gasteiger partial charge is 0.497 e. The SMILES string of the molecule is COc1ccc(-c2nnc(NC(=O)CN(c3ccccc3)S(=O)(=O)c3ccc(OC)cc3)s2)cc1. The number of ether oxygens (including phenoxy) is 2. The number of amides is 1. The van der Waals surface area contributed by atoms with E-state index in [9.17, 15) is 13.2 Å². The number of benzene rings is 3. The van der Waals surface area contributed by atoms with Crippen molar-refractivity contribution in [1.82, 2.24) is 10.2 Å². The zero-order chi connectivity index (χ0) is 24.8. The molecule has 35 heavy (non-hydrogen) atoms. The molecule has 0 radical (unpaired) electrons. The molecule has 0 fully saturated rings. The van der Waals surface area contributed by atoms with Crippen LogP contribution in [0, 0.1) is 0 Å². The van der Waals surface area contributed by atoms with Crippen molar-refractivity contribution < 1.29 is 22.7 Å². The molecule has 0 aliphatic rings. The molecule has 0 saturated carbocycles. The average Bonchev–Trinajstić information content (AvgIpc) is 3.36. The van der Waals surface area contributed by atoms with E-state index in [1.165, 1.54) is 30.6 Å². The van der Waals surface area contributed by atoms with Crippen LogP contribution in [0.3, 0.4) is 0 Å². The van der Waals surface area contributed by atoms with Gasteiger partial charge in [0.15, 0.2) is 0 Å². The molecule has 4 rings (SSSR count). The van der Waals surface area contributed by atoms with Gasteiger partial charge < -0.3 is 9.47 Å². The highest BCUT2D eigenvalue weighted by molar-refractivity contribution is 7.92. The lowest BCUT2D eigenvalue weighted by Gasteiger charge is -2.23. The van der Waals surface area contributed by atoms with Gasteiger partial charge in [0.05, 0.1) is 24.8 Å². The van der Waals surface area contributed by atoms with Gasteiger partial charge in [-0.3, -0.25) is 14.4 Å². The lowest BCUT2D eigenvalue weighted by molar-refractivity contribution is -0.114. The summed E-state index contributed by atoms with van der Waals surface area (Å²) in [5, 5.41) is 11.6. The first-order chi connectivity index (χ1) is 16.9. The number of rotatable bonds is 9. The molecule has 1 amide bonds. The highest BCUT2D eigenvalue weighted by atomic mass is 32.2. The van der Waals surface area contributed by atoms with Crippen molar-refractivity contribution in [3.8, 4) is 22.1 Å². The highest BCUT2D eigenvalue weighted by Gasteiger charge is 2.27. The third kappa shape index (κ3) is 5.58. The van der Waals surface area contributed by atoms with Crippen LogP contribution in [0.25, 0.3) is 10.6 Å².